The van der Waals surface area contributed by atoms with E-state index in [0.29, 0.717) is 12.3 Å². The van der Waals surface area contributed by atoms with Crippen molar-refractivity contribution in [2.45, 2.75) is 37.7 Å². The highest BCUT2D eigenvalue weighted by atomic mass is 31.1. The van der Waals surface area contributed by atoms with Crippen molar-refractivity contribution in [3.05, 3.63) is 102 Å². The van der Waals surface area contributed by atoms with Crippen LogP contribution in [0.15, 0.2) is 102 Å². The fourth-order valence-electron chi connectivity index (χ4n) is 5.70. The number of hydrogen-bond donors (Lipinski definition) is 0. The van der Waals surface area contributed by atoms with Crippen LogP contribution < -0.4 is 15.9 Å². The third-order valence-corrected chi connectivity index (χ3v) is 13.8. The van der Waals surface area contributed by atoms with Crippen molar-refractivity contribution < 1.29 is 9.53 Å². The molecule has 5 rings (SSSR count). The summed E-state index contributed by atoms with van der Waals surface area (Å²) in [5, 5.41) is 4.10. The van der Waals surface area contributed by atoms with E-state index >= 15 is 0 Å². The Kier molecular flexibility index (Phi) is 6.51. The lowest BCUT2D eigenvalue weighted by molar-refractivity contribution is -0.147. The van der Waals surface area contributed by atoms with Gasteiger partial charge >= 0.3 is 5.97 Å². The van der Waals surface area contributed by atoms with E-state index in [0.717, 1.165) is 0 Å². The molecular formula is C29H30O2P2. The van der Waals surface area contributed by atoms with Crippen molar-refractivity contribution in [3.8, 4) is 0 Å². The Morgan fingerprint density at radius 2 is 1.27 bits per heavy atom. The predicted molar refractivity (Wildman–Crippen MR) is 142 cm³/mol. The summed E-state index contributed by atoms with van der Waals surface area (Å²) in [7, 11) is -1.25. The van der Waals surface area contributed by atoms with E-state index in [1.807, 2.05) is 6.92 Å². The van der Waals surface area contributed by atoms with Gasteiger partial charge in [0.05, 0.1) is 12.5 Å². The van der Waals surface area contributed by atoms with Crippen LogP contribution in [-0.2, 0) is 9.53 Å². The number of carbonyl (C=O) groups is 1. The minimum Gasteiger partial charge on any atom is -0.466 e. The van der Waals surface area contributed by atoms with E-state index in [9.17, 15) is 4.79 Å². The molecule has 2 nitrogen and oxygen atoms in total. The molecule has 0 saturated carbocycles. The zero-order chi connectivity index (χ0) is 22.9. The Hall–Kier alpha value is -2.27. The van der Waals surface area contributed by atoms with Gasteiger partial charge in [0, 0.05) is 17.0 Å². The summed E-state index contributed by atoms with van der Waals surface area (Å²) in [5.74, 6) is -0.110. The van der Waals surface area contributed by atoms with Gasteiger partial charge in [0.2, 0.25) is 0 Å². The molecule has 0 amide bonds. The Bertz CT molecular complexity index is 1100. The monoisotopic (exact) mass is 472 g/mol. The minimum atomic E-state index is -0.731. The molecule has 3 aromatic carbocycles. The molecule has 3 aromatic rings. The maximum absolute atomic E-state index is 13.6. The first-order chi connectivity index (χ1) is 16.1. The quantitative estimate of drug-likeness (QED) is 0.266. The van der Waals surface area contributed by atoms with Crippen molar-refractivity contribution in [1.82, 2.24) is 0 Å². The Morgan fingerprint density at radius 1 is 0.788 bits per heavy atom. The van der Waals surface area contributed by atoms with Gasteiger partial charge in [-0.2, -0.15) is 0 Å². The van der Waals surface area contributed by atoms with E-state index in [1.54, 1.807) is 0 Å². The van der Waals surface area contributed by atoms with Crippen LogP contribution in [0.3, 0.4) is 0 Å². The first-order valence-electron chi connectivity index (χ1n) is 11.7. The van der Waals surface area contributed by atoms with E-state index in [4.69, 9.17) is 4.74 Å². The summed E-state index contributed by atoms with van der Waals surface area (Å²) in [6.07, 6.45) is 0. The Labute approximate surface area is 199 Å². The summed E-state index contributed by atoms with van der Waals surface area (Å²) in [6.45, 7) is 6.93. The highest BCUT2D eigenvalue weighted by Crippen LogP contribution is 2.72. The second kappa shape index (κ2) is 9.54. The second-order valence-electron chi connectivity index (χ2n) is 8.81. The minimum absolute atomic E-state index is 0.00959. The zero-order valence-electron chi connectivity index (χ0n) is 19.4. The molecule has 4 heteroatoms. The molecule has 5 atom stereocenters. The fraction of sp³-hybridized carbons (Fsp3) is 0.276. The lowest BCUT2D eigenvalue weighted by Crippen LogP contribution is -2.41. The van der Waals surface area contributed by atoms with Gasteiger partial charge in [0.25, 0.3) is 0 Å². The van der Waals surface area contributed by atoms with Crippen LogP contribution in [0.1, 0.15) is 20.8 Å². The summed E-state index contributed by atoms with van der Waals surface area (Å²) in [5.41, 5.74) is 3.81. The molecule has 2 bridgehead atoms. The third-order valence-electron chi connectivity index (χ3n) is 7.12. The predicted octanol–water partition coefficient (Wildman–Crippen LogP) is 5.58. The van der Waals surface area contributed by atoms with Gasteiger partial charge in [-0.25, -0.2) is 0 Å². The molecular weight excluding hydrogens is 442 g/mol. The normalized spacial score (nSPS) is 26.1. The number of esters is 1. The number of ether oxygens (including phenoxy) is 1. The molecule has 2 heterocycles. The molecule has 33 heavy (non-hydrogen) atoms. The number of hydrogen-bond acceptors (Lipinski definition) is 2. The van der Waals surface area contributed by atoms with Gasteiger partial charge in [0.15, 0.2) is 0 Å². The summed E-state index contributed by atoms with van der Waals surface area (Å²) in [6, 6.07) is 32.6. The van der Waals surface area contributed by atoms with Gasteiger partial charge in [-0.1, -0.05) is 110 Å². The first kappa shape index (κ1) is 22.5. The lowest BCUT2D eigenvalue weighted by atomic mass is 9.84. The van der Waals surface area contributed by atoms with Crippen molar-refractivity contribution >= 4 is 37.7 Å². The molecule has 0 radical (unpaired) electrons. The molecule has 3 unspecified atom stereocenters. The summed E-state index contributed by atoms with van der Waals surface area (Å²) in [4.78, 5) is 13.6. The van der Waals surface area contributed by atoms with E-state index < -0.39 is 15.8 Å². The van der Waals surface area contributed by atoms with E-state index in [1.165, 1.54) is 27.1 Å². The van der Waals surface area contributed by atoms with Crippen LogP contribution >= 0.6 is 15.8 Å². The molecule has 0 N–H and O–H groups in total. The second-order valence-corrected chi connectivity index (χ2v) is 13.6. The van der Waals surface area contributed by atoms with Gasteiger partial charge in [-0.3, -0.25) is 4.79 Å². The number of rotatable bonds is 6. The summed E-state index contributed by atoms with van der Waals surface area (Å²) < 4.78 is 5.76. The lowest BCUT2D eigenvalue weighted by Gasteiger charge is -2.37. The molecule has 2 aliphatic rings. The van der Waals surface area contributed by atoms with Gasteiger partial charge in [-0.15, -0.1) is 0 Å². The third kappa shape index (κ3) is 3.88. The van der Waals surface area contributed by atoms with Crippen LogP contribution in [0.2, 0.25) is 0 Å². The molecule has 0 spiro atoms. The highest BCUT2D eigenvalue weighted by Gasteiger charge is 2.61. The highest BCUT2D eigenvalue weighted by molar-refractivity contribution is 7.76. The topological polar surface area (TPSA) is 26.3 Å². The van der Waals surface area contributed by atoms with E-state index in [-0.39, 0.29) is 23.2 Å². The molecule has 0 aliphatic carbocycles. The average molecular weight is 473 g/mol. The van der Waals surface area contributed by atoms with Crippen LogP contribution in [0.25, 0.3) is 0 Å². The first-order valence-corrected chi connectivity index (χ1v) is 14.6. The standard InChI is InChI=1S/C29H30O2P2/c1-4-31-29(30)25-26-20(2)21(3)27(33(26)24-18-12-7-13-19-24)28(25)32(22-14-8-5-9-15-22)23-16-10-6-11-17-23/h5-19,25-28H,4H2,1-3H3/t25-,26?,27?,28+,33?/m0/s1. The Morgan fingerprint density at radius 3 is 1.79 bits per heavy atom. The van der Waals surface area contributed by atoms with Gasteiger partial charge in [-0.05, 0) is 44.6 Å². The smallest absolute Gasteiger partial charge is 0.310 e. The number of benzene rings is 3. The number of carbonyl (C=O) groups excluding carboxylic acids is 1. The van der Waals surface area contributed by atoms with Crippen LogP contribution in [0.4, 0.5) is 0 Å². The van der Waals surface area contributed by atoms with E-state index in [2.05, 4.69) is 105 Å². The van der Waals surface area contributed by atoms with Gasteiger partial charge in [0.1, 0.15) is 0 Å². The van der Waals surface area contributed by atoms with Gasteiger partial charge < -0.3 is 4.74 Å². The van der Waals surface area contributed by atoms with Crippen LogP contribution in [0, 0.1) is 5.92 Å². The van der Waals surface area contributed by atoms with Crippen molar-refractivity contribution in [2.24, 2.45) is 5.92 Å². The molecule has 1 saturated heterocycles. The fourth-order valence-corrected chi connectivity index (χ4v) is 13.7. The molecule has 1 fully saturated rings. The Balaban J connectivity index is 1.71. The number of fused-ring (bicyclic) bond motifs is 2. The van der Waals surface area contributed by atoms with Crippen LogP contribution in [-0.4, -0.2) is 29.6 Å². The zero-order valence-corrected chi connectivity index (χ0v) is 21.2. The molecule has 2 aliphatic heterocycles. The SMILES string of the molecule is CCOC(=O)[C@H]1C2C(C)=C(C)C([C@@H]1P(c1ccccc1)c1ccccc1)P2c1ccccc1. The average Bonchev–Trinajstić information content (AvgIpc) is 3.32. The number of allylic oxidation sites excluding steroid dienone is 2. The largest absolute Gasteiger partial charge is 0.466 e. The maximum atomic E-state index is 13.6. The molecule has 168 valence electrons. The molecule has 0 aromatic heterocycles. The maximum Gasteiger partial charge on any atom is 0.310 e. The van der Waals surface area contributed by atoms with Crippen molar-refractivity contribution in [1.29, 1.82) is 0 Å². The summed E-state index contributed by atoms with van der Waals surface area (Å²) >= 11 is 0. The van der Waals surface area contributed by atoms with Crippen molar-refractivity contribution in [2.75, 3.05) is 6.61 Å². The van der Waals surface area contributed by atoms with Crippen molar-refractivity contribution in [3.63, 3.8) is 0 Å². The van der Waals surface area contributed by atoms with Crippen LogP contribution in [0.5, 0.6) is 0 Å².